The molecule has 12 heavy (non-hydrogen) atoms. The minimum Gasteiger partial charge on any atom is -0.310 e. The summed E-state index contributed by atoms with van der Waals surface area (Å²) in [6.45, 7) is 1.99. The van der Waals surface area contributed by atoms with Crippen LogP contribution in [0.2, 0.25) is 0 Å². The van der Waals surface area contributed by atoms with Gasteiger partial charge in [0.15, 0.2) is 0 Å². The first-order chi connectivity index (χ1) is 5.66. The van der Waals surface area contributed by atoms with E-state index >= 15 is 0 Å². The molecule has 0 spiro atoms. The van der Waals surface area contributed by atoms with E-state index in [9.17, 15) is 4.79 Å². The van der Waals surface area contributed by atoms with Crippen LogP contribution >= 0.6 is 11.3 Å². The molecule has 1 aromatic rings. The van der Waals surface area contributed by atoms with E-state index in [1.54, 1.807) is 11.3 Å². The van der Waals surface area contributed by atoms with Crippen molar-refractivity contribution >= 4 is 23.1 Å². The van der Waals surface area contributed by atoms with Gasteiger partial charge in [-0.05, 0) is 13.0 Å². The van der Waals surface area contributed by atoms with Gasteiger partial charge >= 0.3 is 0 Å². The minimum atomic E-state index is -0.0747. The van der Waals surface area contributed by atoms with Crippen molar-refractivity contribution in [2.45, 2.75) is 13.3 Å². The molecule has 3 nitrogen and oxygen atoms in total. The van der Waals surface area contributed by atoms with Crippen LogP contribution in [0.1, 0.15) is 15.3 Å². The predicted octanol–water partition coefficient (Wildman–Crippen LogP) is 1.05. The van der Waals surface area contributed by atoms with Crippen LogP contribution in [0.15, 0.2) is 6.07 Å². The number of carbonyl (C=O) groups excluding carboxylic acids is 1. The van der Waals surface area contributed by atoms with Crippen LogP contribution < -0.4 is 5.32 Å². The van der Waals surface area contributed by atoms with E-state index < -0.39 is 0 Å². The van der Waals surface area contributed by atoms with Crippen LogP contribution in [-0.2, 0) is 11.2 Å². The summed E-state index contributed by atoms with van der Waals surface area (Å²) in [6, 6.07) is 1.95. The summed E-state index contributed by atoms with van der Waals surface area (Å²) in [5.41, 5.74) is 0.886. The number of fused-ring (bicyclic) bond motifs is 1. The zero-order chi connectivity index (χ0) is 8.72. The highest BCUT2D eigenvalue weighted by atomic mass is 32.1. The first-order valence-electron chi connectivity index (χ1n) is 3.65. The number of aryl methyl sites for hydroxylation is 1. The fourth-order valence-corrected chi connectivity index (χ4v) is 2.34. The smallest absolute Gasteiger partial charge is 0.230 e. The Balaban J connectivity index is 2.53. The second-order valence-electron chi connectivity index (χ2n) is 2.79. The molecular formula is C8H8N2OS. The fourth-order valence-electron chi connectivity index (χ4n) is 1.30. The van der Waals surface area contributed by atoms with E-state index in [1.807, 2.05) is 13.0 Å². The molecule has 4 heteroatoms. The summed E-state index contributed by atoms with van der Waals surface area (Å²) >= 11 is 1.60. The third-order valence-electron chi connectivity index (χ3n) is 1.79. The molecule has 62 valence electrons. The Bertz CT molecular complexity index is 367. The molecule has 2 rings (SSSR count). The Hall–Kier alpha value is -1.16. The van der Waals surface area contributed by atoms with E-state index in [0.29, 0.717) is 6.42 Å². The Kier molecular flexibility index (Phi) is 1.51. The van der Waals surface area contributed by atoms with Crippen molar-refractivity contribution in [2.24, 2.45) is 0 Å². The third kappa shape index (κ3) is 1.04. The number of carbonyl (C=O) groups is 1. The molecule has 0 saturated carbocycles. The molecule has 0 saturated heterocycles. The van der Waals surface area contributed by atoms with Crippen LogP contribution in [0, 0.1) is 12.3 Å². The van der Waals surface area contributed by atoms with E-state index in [2.05, 4.69) is 5.32 Å². The van der Waals surface area contributed by atoms with Crippen molar-refractivity contribution in [1.82, 2.24) is 5.32 Å². The molecule has 1 aromatic heterocycles. The van der Waals surface area contributed by atoms with Gasteiger partial charge in [0.2, 0.25) is 5.91 Å². The number of rotatable bonds is 0. The zero-order valence-corrected chi connectivity index (χ0v) is 7.42. The maximum atomic E-state index is 11.0. The van der Waals surface area contributed by atoms with Gasteiger partial charge in [-0.3, -0.25) is 10.2 Å². The average Bonchev–Trinajstić information content (AvgIpc) is 2.29. The van der Waals surface area contributed by atoms with Crippen molar-refractivity contribution in [2.75, 3.05) is 0 Å². The van der Waals surface area contributed by atoms with Gasteiger partial charge in [-0.25, -0.2) is 0 Å². The number of hydrogen-bond donors (Lipinski definition) is 2. The first kappa shape index (κ1) is 7.49. The molecule has 0 radical (unpaired) electrons. The van der Waals surface area contributed by atoms with E-state index in [0.717, 1.165) is 15.3 Å². The summed E-state index contributed by atoms with van der Waals surface area (Å²) in [6.07, 6.45) is 0.427. The Morgan fingerprint density at radius 3 is 3.17 bits per heavy atom. The van der Waals surface area contributed by atoms with Gasteiger partial charge in [0.1, 0.15) is 5.84 Å². The van der Waals surface area contributed by atoms with E-state index in [4.69, 9.17) is 5.41 Å². The number of amides is 1. The SMILES string of the molecule is Cc1cc2c(s1)CC(=O)NC2=N. The zero-order valence-electron chi connectivity index (χ0n) is 6.60. The lowest BCUT2D eigenvalue weighted by atomic mass is 10.1. The molecule has 1 aliphatic rings. The van der Waals surface area contributed by atoms with Crippen LogP contribution in [0.5, 0.6) is 0 Å². The van der Waals surface area contributed by atoms with Crippen molar-refractivity contribution < 1.29 is 4.79 Å². The van der Waals surface area contributed by atoms with Crippen LogP contribution in [-0.4, -0.2) is 11.7 Å². The topological polar surface area (TPSA) is 53.0 Å². The van der Waals surface area contributed by atoms with Gasteiger partial charge in [-0.2, -0.15) is 0 Å². The lowest BCUT2D eigenvalue weighted by molar-refractivity contribution is -0.119. The summed E-state index contributed by atoms with van der Waals surface area (Å²) in [4.78, 5) is 13.2. The summed E-state index contributed by atoms with van der Waals surface area (Å²) < 4.78 is 0. The Labute approximate surface area is 73.9 Å². The van der Waals surface area contributed by atoms with Gasteiger partial charge in [-0.15, -0.1) is 11.3 Å². The van der Waals surface area contributed by atoms with Crippen molar-refractivity contribution in [3.8, 4) is 0 Å². The van der Waals surface area contributed by atoms with Crippen LogP contribution in [0.4, 0.5) is 0 Å². The summed E-state index contributed by atoms with van der Waals surface area (Å²) in [7, 11) is 0. The quantitative estimate of drug-likeness (QED) is 0.616. The molecule has 0 unspecified atom stereocenters. The molecule has 0 atom stereocenters. The van der Waals surface area contributed by atoms with Crippen molar-refractivity contribution in [3.63, 3.8) is 0 Å². The van der Waals surface area contributed by atoms with Crippen LogP contribution in [0.3, 0.4) is 0 Å². The monoisotopic (exact) mass is 180 g/mol. The molecule has 0 bridgehead atoms. The summed E-state index contributed by atoms with van der Waals surface area (Å²) in [5, 5.41) is 9.99. The van der Waals surface area contributed by atoms with Gasteiger partial charge in [0.25, 0.3) is 0 Å². The molecule has 1 amide bonds. The van der Waals surface area contributed by atoms with E-state index in [-0.39, 0.29) is 11.7 Å². The summed E-state index contributed by atoms with van der Waals surface area (Å²) in [5.74, 6) is 0.167. The Morgan fingerprint density at radius 1 is 1.67 bits per heavy atom. The highest BCUT2D eigenvalue weighted by Gasteiger charge is 2.21. The second kappa shape index (κ2) is 2.42. The minimum absolute atomic E-state index is 0.0747. The lowest BCUT2D eigenvalue weighted by Gasteiger charge is -2.12. The van der Waals surface area contributed by atoms with Gasteiger partial charge in [0.05, 0.1) is 6.42 Å². The molecule has 0 aliphatic carbocycles. The predicted molar refractivity (Wildman–Crippen MR) is 47.7 cm³/mol. The number of hydrogen-bond acceptors (Lipinski definition) is 3. The standard InChI is InChI=1S/C8H8N2OS/c1-4-2-5-6(12-4)3-7(11)10-8(5)9/h2H,3H2,1H3,(H2,9,10,11). The fraction of sp³-hybridized carbons (Fsp3) is 0.250. The van der Waals surface area contributed by atoms with E-state index in [1.165, 1.54) is 0 Å². The molecular weight excluding hydrogens is 172 g/mol. The molecule has 0 fully saturated rings. The number of nitrogens with one attached hydrogen (secondary N) is 2. The van der Waals surface area contributed by atoms with Crippen LogP contribution in [0.25, 0.3) is 0 Å². The maximum absolute atomic E-state index is 11.0. The molecule has 1 aliphatic heterocycles. The largest absolute Gasteiger partial charge is 0.310 e. The number of thiophene rings is 1. The normalized spacial score (nSPS) is 15.8. The molecule has 2 N–H and O–H groups in total. The highest BCUT2D eigenvalue weighted by molar-refractivity contribution is 7.12. The van der Waals surface area contributed by atoms with Gasteiger partial charge in [-0.1, -0.05) is 0 Å². The molecule has 0 aromatic carbocycles. The van der Waals surface area contributed by atoms with Gasteiger partial charge < -0.3 is 5.32 Å². The Morgan fingerprint density at radius 2 is 2.42 bits per heavy atom. The second-order valence-corrected chi connectivity index (χ2v) is 4.13. The number of amidine groups is 1. The lowest BCUT2D eigenvalue weighted by Crippen LogP contribution is -2.36. The molecule has 2 heterocycles. The highest BCUT2D eigenvalue weighted by Crippen LogP contribution is 2.24. The third-order valence-corrected chi connectivity index (χ3v) is 2.84. The average molecular weight is 180 g/mol. The van der Waals surface area contributed by atoms with Gasteiger partial charge in [0, 0.05) is 15.3 Å². The van der Waals surface area contributed by atoms with Crippen molar-refractivity contribution in [3.05, 3.63) is 21.4 Å². The maximum Gasteiger partial charge on any atom is 0.230 e. The van der Waals surface area contributed by atoms with Crippen molar-refractivity contribution in [1.29, 1.82) is 5.41 Å². The first-order valence-corrected chi connectivity index (χ1v) is 4.46.